The fourth-order valence-corrected chi connectivity index (χ4v) is 3.74. The summed E-state index contributed by atoms with van der Waals surface area (Å²) >= 11 is 0. The summed E-state index contributed by atoms with van der Waals surface area (Å²) in [7, 11) is 3.91. The molecule has 0 unspecified atom stereocenters. The van der Waals surface area contributed by atoms with Crippen molar-refractivity contribution in [1.82, 2.24) is 9.80 Å². The predicted molar refractivity (Wildman–Crippen MR) is 105 cm³/mol. The van der Waals surface area contributed by atoms with E-state index in [4.69, 9.17) is 0 Å². The van der Waals surface area contributed by atoms with Crippen molar-refractivity contribution in [3.63, 3.8) is 0 Å². The van der Waals surface area contributed by atoms with Gasteiger partial charge in [-0.1, -0.05) is 24.3 Å². The van der Waals surface area contributed by atoms with E-state index in [0.717, 1.165) is 0 Å². The Morgan fingerprint density at radius 1 is 0.586 bits per heavy atom. The van der Waals surface area contributed by atoms with E-state index in [0.29, 0.717) is 39.8 Å². The van der Waals surface area contributed by atoms with Gasteiger partial charge in [0.1, 0.15) is 0 Å². The molecule has 2 aromatic carbocycles. The fourth-order valence-electron chi connectivity index (χ4n) is 3.74. The quantitative estimate of drug-likeness (QED) is 0.554. The molecule has 0 saturated heterocycles. The van der Waals surface area contributed by atoms with E-state index in [1.807, 2.05) is 14.1 Å². The number of fused-ring (bicyclic) bond motifs is 2. The molecule has 4 amide bonds. The van der Waals surface area contributed by atoms with Crippen LogP contribution in [0.1, 0.15) is 41.4 Å². The predicted octanol–water partition coefficient (Wildman–Crippen LogP) is 1.66. The van der Waals surface area contributed by atoms with Crippen molar-refractivity contribution in [2.45, 2.75) is 0 Å². The SMILES string of the molecule is C[N+](C)(CCN1C(=O)c2ccccc2C1=O)CCN1C(=O)c2ccccc2C1=O. The van der Waals surface area contributed by atoms with Gasteiger partial charge in [0.25, 0.3) is 23.6 Å². The van der Waals surface area contributed by atoms with Gasteiger partial charge in [0.15, 0.2) is 0 Å². The molecule has 29 heavy (non-hydrogen) atoms. The van der Waals surface area contributed by atoms with Crippen LogP contribution in [0.4, 0.5) is 0 Å². The van der Waals surface area contributed by atoms with E-state index >= 15 is 0 Å². The van der Waals surface area contributed by atoms with Crippen molar-refractivity contribution < 1.29 is 23.7 Å². The van der Waals surface area contributed by atoms with Gasteiger partial charge < -0.3 is 4.48 Å². The largest absolute Gasteiger partial charge is 0.326 e. The Labute approximate surface area is 168 Å². The summed E-state index contributed by atoms with van der Waals surface area (Å²) in [5.74, 6) is -1.09. The molecule has 2 aliphatic heterocycles. The zero-order chi connectivity index (χ0) is 20.8. The highest BCUT2D eigenvalue weighted by atomic mass is 16.2. The van der Waals surface area contributed by atoms with Crippen LogP contribution in [0.25, 0.3) is 0 Å². The molecule has 0 radical (unpaired) electrons. The number of likely N-dealkylation sites (N-methyl/N-ethyl adjacent to an activating group) is 1. The first-order valence-electron chi connectivity index (χ1n) is 9.52. The maximum Gasteiger partial charge on any atom is 0.261 e. The van der Waals surface area contributed by atoms with Crippen LogP contribution in [0.5, 0.6) is 0 Å². The van der Waals surface area contributed by atoms with Crippen LogP contribution in [0, 0.1) is 0 Å². The molecule has 7 nitrogen and oxygen atoms in total. The van der Waals surface area contributed by atoms with E-state index in [1.54, 1.807) is 48.5 Å². The smallest absolute Gasteiger partial charge is 0.261 e. The van der Waals surface area contributed by atoms with Gasteiger partial charge in [0.05, 0.1) is 62.5 Å². The first-order valence-corrected chi connectivity index (χ1v) is 9.52. The van der Waals surface area contributed by atoms with Gasteiger partial charge in [-0.2, -0.15) is 0 Å². The molecular weight excluding hydrogens is 370 g/mol. The molecule has 7 heteroatoms. The molecule has 2 heterocycles. The number of carbonyl (C=O) groups excluding carboxylic acids is 4. The third-order valence-electron chi connectivity index (χ3n) is 5.61. The standard InChI is InChI=1S/C22H22N3O4/c1-25(2,13-11-23-19(26)15-7-3-4-8-16(15)20(23)27)14-12-24-21(28)17-9-5-6-10-18(17)22(24)29/h3-10H,11-14H2,1-2H3/q+1. The number of amides is 4. The zero-order valence-corrected chi connectivity index (χ0v) is 16.4. The van der Waals surface area contributed by atoms with Gasteiger partial charge in [-0.15, -0.1) is 0 Å². The number of rotatable bonds is 6. The minimum atomic E-state index is -0.272. The average molecular weight is 392 g/mol. The zero-order valence-electron chi connectivity index (χ0n) is 16.4. The molecular formula is C22H22N3O4+. The fraction of sp³-hybridized carbons (Fsp3) is 0.273. The lowest BCUT2D eigenvalue weighted by atomic mass is 10.1. The van der Waals surface area contributed by atoms with Crippen molar-refractivity contribution in [2.24, 2.45) is 0 Å². The highest BCUT2D eigenvalue weighted by Crippen LogP contribution is 2.24. The van der Waals surface area contributed by atoms with Gasteiger partial charge >= 0.3 is 0 Å². The second kappa shape index (κ2) is 6.93. The van der Waals surface area contributed by atoms with Gasteiger partial charge in [-0.25, -0.2) is 0 Å². The van der Waals surface area contributed by atoms with Crippen LogP contribution < -0.4 is 0 Å². The van der Waals surface area contributed by atoms with Crippen LogP contribution in [-0.2, 0) is 0 Å². The maximum absolute atomic E-state index is 12.5. The number of quaternary nitrogens is 1. The lowest BCUT2D eigenvalue weighted by Gasteiger charge is -2.32. The number of imide groups is 2. The van der Waals surface area contributed by atoms with Gasteiger partial charge in [0, 0.05) is 0 Å². The Bertz CT molecular complexity index is 892. The van der Waals surface area contributed by atoms with Gasteiger partial charge in [-0.05, 0) is 24.3 Å². The molecule has 0 atom stereocenters. The minimum Gasteiger partial charge on any atom is -0.326 e. The normalized spacial score (nSPS) is 15.9. The van der Waals surface area contributed by atoms with E-state index in [9.17, 15) is 19.2 Å². The summed E-state index contributed by atoms with van der Waals surface area (Å²) in [5, 5.41) is 0. The Kier molecular flexibility index (Phi) is 4.55. The molecule has 0 saturated carbocycles. The van der Waals surface area contributed by atoms with Crippen LogP contribution in [0.3, 0.4) is 0 Å². The summed E-state index contributed by atoms with van der Waals surface area (Å²) < 4.78 is 0.459. The van der Waals surface area contributed by atoms with Crippen LogP contribution >= 0.6 is 0 Å². The maximum atomic E-state index is 12.5. The van der Waals surface area contributed by atoms with Crippen molar-refractivity contribution >= 4 is 23.6 Å². The second-order valence-electron chi connectivity index (χ2n) is 8.00. The lowest BCUT2D eigenvalue weighted by Crippen LogP contribution is -2.50. The molecule has 0 aromatic heterocycles. The van der Waals surface area contributed by atoms with Crippen LogP contribution in [-0.4, -0.2) is 78.2 Å². The Balaban J connectivity index is 1.37. The van der Waals surface area contributed by atoms with Crippen molar-refractivity contribution in [3.05, 3.63) is 70.8 Å². The molecule has 4 rings (SSSR count). The summed E-state index contributed by atoms with van der Waals surface area (Å²) in [4.78, 5) is 52.6. The Hall–Kier alpha value is -3.32. The van der Waals surface area contributed by atoms with Gasteiger partial charge in [-0.3, -0.25) is 29.0 Å². The minimum absolute atomic E-state index is 0.272. The second-order valence-corrected chi connectivity index (χ2v) is 8.00. The number of hydrogen-bond donors (Lipinski definition) is 0. The summed E-state index contributed by atoms with van der Waals surface area (Å²) in [6, 6.07) is 13.6. The molecule has 0 bridgehead atoms. The van der Waals surface area contributed by atoms with E-state index in [2.05, 4.69) is 0 Å². The summed E-state index contributed by atoms with van der Waals surface area (Å²) in [6.07, 6.45) is 0. The molecule has 0 aliphatic carbocycles. The van der Waals surface area contributed by atoms with Crippen molar-refractivity contribution in [1.29, 1.82) is 0 Å². The number of nitrogens with zero attached hydrogens (tertiary/aromatic N) is 3. The average Bonchev–Trinajstić information content (AvgIpc) is 3.10. The van der Waals surface area contributed by atoms with Crippen molar-refractivity contribution in [2.75, 3.05) is 40.3 Å². The first kappa shape index (κ1) is 19.0. The Morgan fingerprint density at radius 3 is 1.14 bits per heavy atom. The van der Waals surface area contributed by atoms with Gasteiger partial charge in [0.2, 0.25) is 0 Å². The third-order valence-corrected chi connectivity index (χ3v) is 5.61. The summed E-state index contributed by atoms with van der Waals surface area (Å²) in [5.41, 5.74) is 1.75. The van der Waals surface area contributed by atoms with Crippen molar-refractivity contribution in [3.8, 4) is 0 Å². The number of carbonyl (C=O) groups is 4. The molecule has 148 valence electrons. The Morgan fingerprint density at radius 2 is 0.862 bits per heavy atom. The molecule has 2 aliphatic rings. The summed E-state index contributed by atoms with van der Waals surface area (Å²) in [6.45, 7) is 1.60. The number of benzene rings is 2. The van der Waals surface area contributed by atoms with E-state index in [-0.39, 0.29) is 36.7 Å². The highest BCUT2D eigenvalue weighted by Gasteiger charge is 2.38. The van der Waals surface area contributed by atoms with Crippen LogP contribution in [0.15, 0.2) is 48.5 Å². The van der Waals surface area contributed by atoms with Crippen LogP contribution in [0.2, 0.25) is 0 Å². The lowest BCUT2D eigenvalue weighted by molar-refractivity contribution is -0.888. The molecule has 2 aromatic rings. The molecule has 0 fully saturated rings. The topological polar surface area (TPSA) is 74.8 Å². The number of hydrogen-bond acceptors (Lipinski definition) is 4. The third kappa shape index (κ3) is 3.23. The monoisotopic (exact) mass is 392 g/mol. The molecule has 0 N–H and O–H groups in total. The first-order chi connectivity index (χ1) is 13.8. The van der Waals surface area contributed by atoms with E-state index in [1.165, 1.54) is 9.80 Å². The van der Waals surface area contributed by atoms with E-state index < -0.39 is 0 Å². The highest BCUT2D eigenvalue weighted by molar-refractivity contribution is 6.22. The molecule has 0 spiro atoms.